The average molecular weight is 140 g/mol. The second kappa shape index (κ2) is 5.47. The SMILES string of the molecule is CC(C)Cc1[c-]cccc1.[Li+]. The summed E-state index contributed by atoms with van der Waals surface area (Å²) in [5, 5.41) is 0. The van der Waals surface area contributed by atoms with E-state index in [1.54, 1.807) is 0 Å². The second-order valence-corrected chi connectivity index (χ2v) is 2.99. The van der Waals surface area contributed by atoms with Crippen LogP contribution >= 0.6 is 0 Å². The van der Waals surface area contributed by atoms with E-state index in [-0.39, 0.29) is 18.9 Å². The van der Waals surface area contributed by atoms with E-state index in [1.165, 1.54) is 5.56 Å². The van der Waals surface area contributed by atoms with E-state index < -0.39 is 0 Å². The number of rotatable bonds is 2. The quantitative estimate of drug-likeness (QED) is 0.390. The van der Waals surface area contributed by atoms with Gasteiger partial charge in [-0.05, 0) is 12.3 Å². The minimum atomic E-state index is 0. The smallest absolute Gasteiger partial charge is 0.180 e. The van der Waals surface area contributed by atoms with Crippen molar-refractivity contribution in [2.75, 3.05) is 0 Å². The van der Waals surface area contributed by atoms with E-state index in [2.05, 4.69) is 32.0 Å². The van der Waals surface area contributed by atoms with Crippen molar-refractivity contribution < 1.29 is 18.9 Å². The molecule has 0 saturated heterocycles. The molecule has 0 aromatic heterocycles. The predicted molar refractivity (Wildman–Crippen MR) is 43.8 cm³/mol. The maximum atomic E-state index is 3.20. The molecule has 11 heavy (non-hydrogen) atoms. The molecule has 1 aromatic carbocycles. The van der Waals surface area contributed by atoms with Crippen LogP contribution < -0.4 is 18.9 Å². The van der Waals surface area contributed by atoms with Gasteiger partial charge in [0.25, 0.3) is 0 Å². The van der Waals surface area contributed by atoms with Crippen molar-refractivity contribution in [3.8, 4) is 0 Å². The largest absolute Gasteiger partial charge is 1.00 e. The predicted octanol–water partition coefficient (Wildman–Crippen LogP) is -0.311. The monoisotopic (exact) mass is 140 g/mol. The molecular weight excluding hydrogens is 127 g/mol. The van der Waals surface area contributed by atoms with Gasteiger partial charge in [-0.1, -0.05) is 13.8 Å². The second-order valence-electron chi connectivity index (χ2n) is 2.99. The van der Waals surface area contributed by atoms with Gasteiger partial charge in [-0.15, -0.1) is 0 Å². The Morgan fingerprint density at radius 2 is 2.09 bits per heavy atom. The zero-order chi connectivity index (χ0) is 7.40. The van der Waals surface area contributed by atoms with Gasteiger partial charge < -0.3 is 0 Å². The van der Waals surface area contributed by atoms with Gasteiger partial charge in [0.2, 0.25) is 0 Å². The Hall–Kier alpha value is -0.183. The van der Waals surface area contributed by atoms with E-state index in [9.17, 15) is 0 Å². The van der Waals surface area contributed by atoms with Crippen molar-refractivity contribution in [2.45, 2.75) is 20.3 Å². The molecule has 1 heteroatoms. The third-order valence-electron chi connectivity index (χ3n) is 1.40. The standard InChI is InChI=1S/C10H13.Li/c1-9(2)8-10-6-4-3-5-7-10;/h3-6,9H,8H2,1-2H3;/q-1;+1. The normalized spacial score (nSPS) is 9.36. The summed E-state index contributed by atoms with van der Waals surface area (Å²) in [6.45, 7) is 4.45. The Morgan fingerprint density at radius 3 is 2.55 bits per heavy atom. The first kappa shape index (κ1) is 10.8. The number of hydrogen-bond donors (Lipinski definition) is 0. The van der Waals surface area contributed by atoms with Crippen molar-refractivity contribution in [3.63, 3.8) is 0 Å². The topological polar surface area (TPSA) is 0 Å². The maximum absolute atomic E-state index is 3.20. The van der Waals surface area contributed by atoms with Crippen LogP contribution in [0.5, 0.6) is 0 Å². The van der Waals surface area contributed by atoms with E-state index in [0.717, 1.165) is 12.3 Å². The van der Waals surface area contributed by atoms with Crippen LogP contribution in [0.15, 0.2) is 24.3 Å². The molecule has 0 atom stereocenters. The molecule has 0 unspecified atom stereocenters. The van der Waals surface area contributed by atoms with Gasteiger partial charge in [-0.25, -0.2) is 0 Å². The van der Waals surface area contributed by atoms with Gasteiger partial charge in [0.15, 0.2) is 0 Å². The first-order valence-corrected chi connectivity index (χ1v) is 3.74. The molecule has 0 fully saturated rings. The average Bonchev–Trinajstić information content (AvgIpc) is 1.88. The van der Waals surface area contributed by atoms with E-state index in [4.69, 9.17) is 0 Å². The molecule has 0 aliphatic carbocycles. The third kappa shape index (κ3) is 4.30. The van der Waals surface area contributed by atoms with Crippen LogP contribution in [-0.2, 0) is 6.42 Å². The molecule has 54 valence electrons. The molecule has 0 aliphatic heterocycles. The molecule has 0 radical (unpaired) electrons. The Labute approximate surface area is 81.2 Å². The fourth-order valence-electron chi connectivity index (χ4n) is 0.997. The van der Waals surface area contributed by atoms with Gasteiger partial charge in [-0.3, -0.25) is 0 Å². The van der Waals surface area contributed by atoms with E-state index >= 15 is 0 Å². The van der Waals surface area contributed by atoms with Crippen molar-refractivity contribution in [3.05, 3.63) is 35.9 Å². The molecule has 0 nitrogen and oxygen atoms in total. The molecule has 1 rings (SSSR count). The molecule has 0 amide bonds. The van der Waals surface area contributed by atoms with Crippen LogP contribution in [0.25, 0.3) is 0 Å². The molecular formula is C10H13Li. The van der Waals surface area contributed by atoms with Gasteiger partial charge in [-0.2, -0.15) is 35.9 Å². The van der Waals surface area contributed by atoms with Gasteiger partial charge in [0, 0.05) is 0 Å². The zero-order valence-electron chi connectivity index (χ0n) is 7.59. The Balaban J connectivity index is 0.000001000. The van der Waals surface area contributed by atoms with E-state index in [1.807, 2.05) is 12.1 Å². The first-order valence-electron chi connectivity index (χ1n) is 3.74. The minimum Gasteiger partial charge on any atom is -0.180 e. The molecule has 1 aromatic rings. The van der Waals surface area contributed by atoms with Crippen molar-refractivity contribution in [1.29, 1.82) is 0 Å². The van der Waals surface area contributed by atoms with Crippen LogP contribution in [0.4, 0.5) is 0 Å². The molecule has 0 bridgehead atoms. The summed E-state index contributed by atoms with van der Waals surface area (Å²) in [5.41, 5.74) is 1.32. The zero-order valence-corrected chi connectivity index (χ0v) is 7.59. The summed E-state index contributed by atoms with van der Waals surface area (Å²) >= 11 is 0. The van der Waals surface area contributed by atoms with Crippen LogP contribution in [0.2, 0.25) is 0 Å². The molecule has 0 saturated carbocycles. The van der Waals surface area contributed by atoms with Crippen molar-refractivity contribution in [1.82, 2.24) is 0 Å². The summed E-state index contributed by atoms with van der Waals surface area (Å²) in [6.07, 6.45) is 1.14. The third-order valence-corrected chi connectivity index (χ3v) is 1.40. The Morgan fingerprint density at radius 1 is 1.36 bits per heavy atom. The molecule has 0 N–H and O–H groups in total. The molecule has 0 spiro atoms. The van der Waals surface area contributed by atoms with Crippen molar-refractivity contribution >= 4 is 0 Å². The summed E-state index contributed by atoms with van der Waals surface area (Å²) in [4.78, 5) is 0. The van der Waals surface area contributed by atoms with Crippen molar-refractivity contribution in [2.24, 2.45) is 5.92 Å². The fraction of sp³-hybridized carbons (Fsp3) is 0.400. The van der Waals surface area contributed by atoms with Crippen LogP contribution in [-0.4, -0.2) is 0 Å². The number of benzene rings is 1. The van der Waals surface area contributed by atoms with E-state index in [0.29, 0.717) is 0 Å². The summed E-state index contributed by atoms with van der Waals surface area (Å²) in [6, 6.07) is 11.4. The van der Waals surface area contributed by atoms with Gasteiger partial charge in [0.1, 0.15) is 0 Å². The van der Waals surface area contributed by atoms with Gasteiger partial charge >= 0.3 is 18.9 Å². The summed E-state index contributed by atoms with van der Waals surface area (Å²) in [5.74, 6) is 0.735. The van der Waals surface area contributed by atoms with Crippen LogP contribution in [0.1, 0.15) is 19.4 Å². The molecule has 0 aliphatic rings. The fourth-order valence-corrected chi connectivity index (χ4v) is 0.997. The maximum Gasteiger partial charge on any atom is 1.00 e. The van der Waals surface area contributed by atoms with Crippen LogP contribution in [0, 0.1) is 12.0 Å². The minimum absolute atomic E-state index is 0. The molecule has 0 heterocycles. The summed E-state index contributed by atoms with van der Waals surface area (Å²) in [7, 11) is 0. The summed E-state index contributed by atoms with van der Waals surface area (Å²) < 4.78 is 0. The van der Waals surface area contributed by atoms with Crippen LogP contribution in [0.3, 0.4) is 0 Å². The van der Waals surface area contributed by atoms with Gasteiger partial charge in [0.05, 0.1) is 0 Å². The Kier molecular flexibility index (Phi) is 5.37. The number of hydrogen-bond acceptors (Lipinski definition) is 0. The Bertz CT molecular complexity index is 179. The first-order chi connectivity index (χ1) is 4.79.